The van der Waals surface area contributed by atoms with Crippen LogP contribution >= 0.6 is 0 Å². The summed E-state index contributed by atoms with van der Waals surface area (Å²) in [6.07, 6.45) is 5.94. The van der Waals surface area contributed by atoms with Crippen LogP contribution in [0.5, 0.6) is 0 Å². The highest BCUT2D eigenvalue weighted by atomic mass is 16.4. The molecule has 1 aromatic heterocycles. The van der Waals surface area contributed by atoms with Crippen LogP contribution in [-0.4, -0.2) is 16.1 Å². The molecule has 0 saturated heterocycles. The van der Waals surface area contributed by atoms with Crippen molar-refractivity contribution in [3.05, 3.63) is 29.1 Å². The minimum absolute atomic E-state index is 0.166. The van der Waals surface area contributed by atoms with E-state index in [1.54, 1.807) is 6.20 Å². The van der Waals surface area contributed by atoms with E-state index in [2.05, 4.69) is 11.1 Å². The third-order valence-electron chi connectivity index (χ3n) is 4.03. The highest BCUT2D eigenvalue weighted by Gasteiger charge is 2.26. The molecule has 1 saturated carbocycles. The summed E-state index contributed by atoms with van der Waals surface area (Å²) in [5, 5.41) is 17.9. The Morgan fingerprint density at radius 3 is 2.74 bits per heavy atom. The molecule has 100 valence electrons. The van der Waals surface area contributed by atoms with E-state index in [0.717, 1.165) is 43.4 Å². The van der Waals surface area contributed by atoms with Crippen LogP contribution in [0.4, 0.5) is 0 Å². The van der Waals surface area contributed by atoms with Crippen LogP contribution in [0.25, 0.3) is 0 Å². The minimum atomic E-state index is -0.664. The number of carbonyl (C=O) groups is 1. The number of carboxylic acid groups (broad SMARTS) is 1. The Labute approximate surface area is 113 Å². The van der Waals surface area contributed by atoms with E-state index in [1.807, 2.05) is 13.0 Å². The quantitative estimate of drug-likeness (QED) is 0.904. The fourth-order valence-corrected chi connectivity index (χ4v) is 2.77. The topological polar surface area (TPSA) is 74.0 Å². The Balaban J connectivity index is 1.99. The summed E-state index contributed by atoms with van der Waals surface area (Å²) >= 11 is 0. The molecule has 1 heterocycles. The summed E-state index contributed by atoms with van der Waals surface area (Å²) in [4.78, 5) is 15.2. The van der Waals surface area contributed by atoms with Crippen LogP contribution in [-0.2, 0) is 11.2 Å². The van der Waals surface area contributed by atoms with Gasteiger partial charge in [-0.05, 0) is 56.6 Å². The Morgan fingerprint density at radius 1 is 1.47 bits per heavy atom. The predicted octanol–water partition coefficient (Wildman–Crippen LogP) is 2.70. The van der Waals surface area contributed by atoms with Gasteiger partial charge in [0, 0.05) is 11.9 Å². The molecule has 0 radical (unpaired) electrons. The zero-order valence-electron chi connectivity index (χ0n) is 11.1. The fraction of sp³-hybridized carbons (Fsp3) is 0.533. The number of carboxylic acids is 1. The normalized spacial score (nSPS) is 22.7. The molecule has 0 amide bonds. The number of aromatic nitrogens is 1. The summed E-state index contributed by atoms with van der Waals surface area (Å²) in [5.74, 6) is -0.311. The van der Waals surface area contributed by atoms with Gasteiger partial charge in [-0.1, -0.05) is 0 Å². The summed E-state index contributed by atoms with van der Waals surface area (Å²) < 4.78 is 0. The van der Waals surface area contributed by atoms with Gasteiger partial charge < -0.3 is 5.11 Å². The molecule has 1 aliphatic carbocycles. The van der Waals surface area contributed by atoms with Crippen molar-refractivity contribution in [2.45, 2.75) is 39.0 Å². The standard InChI is InChI=1S/C15H18N2O2/c1-10-14(7-12(8-16)9-17-10)6-11-2-4-13(5-3-11)15(18)19/h7,9,11,13H,2-6H2,1H3,(H,18,19). The van der Waals surface area contributed by atoms with Gasteiger partial charge in [-0.15, -0.1) is 0 Å². The van der Waals surface area contributed by atoms with E-state index < -0.39 is 5.97 Å². The van der Waals surface area contributed by atoms with E-state index in [4.69, 9.17) is 10.4 Å². The number of aryl methyl sites for hydroxylation is 1. The van der Waals surface area contributed by atoms with Crippen molar-refractivity contribution in [2.75, 3.05) is 0 Å². The molecule has 1 fully saturated rings. The molecular weight excluding hydrogens is 240 g/mol. The first-order valence-electron chi connectivity index (χ1n) is 6.68. The fourth-order valence-electron chi connectivity index (χ4n) is 2.77. The third kappa shape index (κ3) is 3.31. The maximum Gasteiger partial charge on any atom is 0.306 e. The molecule has 1 N–H and O–H groups in total. The van der Waals surface area contributed by atoms with Crippen molar-refractivity contribution in [3.8, 4) is 6.07 Å². The van der Waals surface area contributed by atoms with Crippen molar-refractivity contribution in [1.82, 2.24) is 4.98 Å². The molecule has 0 atom stereocenters. The third-order valence-corrected chi connectivity index (χ3v) is 4.03. The van der Waals surface area contributed by atoms with Crippen LogP contribution in [0.3, 0.4) is 0 Å². The van der Waals surface area contributed by atoms with Gasteiger partial charge in [0.15, 0.2) is 0 Å². The van der Waals surface area contributed by atoms with Gasteiger partial charge in [0.1, 0.15) is 6.07 Å². The van der Waals surface area contributed by atoms with Gasteiger partial charge in [0.05, 0.1) is 11.5 Å². The number of pyridine rings is 1. The number of rotatable bonds is 3. The Hall–Kier alpha value is -1.89. The average molecular weight is 258 g/mol. The van der Waals surface area contributed by atoms with Gasteiger partial charge in [0.25, 0.3) is 0 Å². The highest BCUT2D eigenvalue weighted by molar-refractivity contribution is 5.69. The second-order valence-corrected chi connectivity index (χ2v) is 5.34. The summed E-state index contributed by atoms with van der Waals surface area (Å²) in [5.41, 5.74) is 2.69. The molecule has 0 unspecified atom stereocenters. The molecule has 0 aliphatic heterocycles. The molecule has 4 nitrogen and oxygen atoms in total. The molecule has 0 bridgehead atoms. The van der Waals surface area contributed by atoms with Gasteiger partial charge >= 0.3 is 5.97 Å². The number of aliphatic carboxylic acids is 1. The molecule has 19 heavy (non-hydrogen) atoms. The molecule has 4 heteroatoms. The molecule has 2 rings (SSSR count). The summed E-state index contributed by atoms with van der Waals surface area (Å²) in [6, 6.07) is 4.02. The Morgan fingerprint density at radius 2 is 2.16 bits per heavy atom. The second-order valence-electron chi connectivity index (χ2n) is 5.34. The van der Waals surface area contributed by atoms with E-state index in [0.29, 0.717) is 11.5 Å². The summed E-state index contributed by atoms with van der Waals surface area (Å²) in [7, 11) is 0. The van der Waals surface area contributed by atoms with Crippen LogP contribution in [0.1, 0.15) is 42.5 Å². The maximum atomic E-state index is 10.9. The Kier molecular flexibility index (Phi) is 4.16. The van der Waals surface area contributed by atoms with Crippen molar-refractivity contribution in [2.24, 2.45) is 11.8 Å². The first kappa shape index (κ1) is 13.5. The molecule has 1 aromatic rings. The van der Waals surface area contributed by atoms with Crippen molar-refractivity contribution in [1.29, 1.82) is 5.26 Å². The molecule has 0 spiro atoms. The number of hydrogen-bond acceptors (Lipinski definition) is 3. The van der Waals surface area contributed by atoms with Crippen LogP contribution in [0.2, 0.25) is 0 Å². The number of hydrogen-bond donors (Lipinski definition) is 1. The monoisotopic (exact) mass is 258 g/mol. The SMILES string of the molecule is Cc1ncc(C#N)cc1CC1CCC(C(=O)O)CC1. The number of nitrogens with zero attached hydrogens (tertiary/aromatic N) is 2. The zero-order valence-corrected chi connectivity index (χ0v) is 11.1. The minimum Gasteiger partial charge on any atom is -0.481 e. The van der Waals surface area contributed by atoms with E-state index in [9.17, 15) is 4.79 Å². The lowest BCUT2D eigenvalue weighted by molar-refractivity contribution is -0.143. The number of nitriles is 1. The smallest absolute Gasteiger partial charge is 0.306 e. The highest BCUT2D eigenvalue weighted by Crippen LogP contribution is 2.31. The van der Waals surface area contributed by atoms with Crippen LogP contribution < -0.4 is 0 Å². The molecule has 0 aromatic carbocycles. The van der Waals surface area contributed by atoms with E-state index in [-0.39, 0.29) is 5.92 Å². The first-order chi connectivity index (χ1) is 9.10. The maximum absolute atomic E-state index is 10.9. The Bertz CT molecular complexity index is 511. The van der Waals surface area contributed by atoms with E-state index >= 15 is 0 Å². The largest absolute Gasteiger partial charge is 0.481 e. The molecule has 1 aliphatic rings. The zero-order chi connectivity index (χ0) is 13.8. The predicted molar refractivity (Wildman–Crippen MR) is 70.5 cm³/mol. The lowest BCUT2D eigenvalue weighted by atomic mass is 9.79. The lowest BCUT2D eigenvalue weighted by Crippen LogP contribution is -2.22. The van der Waals surface area contributed by atoms with Crippen LogP contribution in [0.15, 0.2) is 12.3 Å². The van der Waals surface area contributed by atoms with Crippen LogP contribution in [0, 0.1) is 30.1 Å². The second kappa shape index (κ2) is 5.83. The summed E-state index contributed by atoms with van der Waals surface area (Å²) in [6.45, 7) is 1.96. The lowest BCUT2D eigenvalue weighted by Gasteiger charge is -2.26. The van der Waals surface area contributed by atoms with Gasteiger partial charge in [0.2, 0.25) is 0 Å². The van der Waals surface area contributed by atoms with Gasteiger partial charge in [-0.3, -0.25) is 9.78 Å². The van der Waals surface area contributed by atoms with E-state index in [1.165, 1.54) is 0 Å². The average Bonchev–Trinajstić information content (AvgIpc) is 2.42. The van der Waals surface area contributed by atoms with Crippen molar-refractivity contribution < 1.29 is 9.90 Å². The van der Waals surface area contributed by atoms with Crippen molar-refractivity contribution >= 4 is 5.97 Å². The first-order valence-corrected chi connectivity index (χ1v) is 6.68. The van der Waals surface area contributed by atoms with Gasteiger partial charge in [-0.2, -0.15) is 5.26 Å². The molecular formula is C15H18N2O2. The van der Waals surface area contributed by atoms with Gasteiger partial charge in [-0.25, -0.2) is 0 Å². The van der Waals surface area contributed by atoms with Crippen molar-refractivity contribution in [3.63, 3.8) is 0 Å².